The van der Waals surface area contributed by atoms with E-state index in [9.17, 15) is 9.59 Å². The third-order valence-corrected chi connectivity index (χ3v) is 2.34. The molecule has 1 rings (SSSR count). The number of nitrogens with zero attached hydrogens (tertiary/aromatic N) is 1. The molecule has 0 saturated heterocycles. The van der Waals surface area contributed by atoms with Gasteiger partial charge >= 0.3 is 5.97 Å². The molecule has 0 aliphatic rings. The lowest BCUT2D eigenvalue weighted by Crippen LogP contribution is -2.38. The summed E-state index contributed by atoms with van der Waals surface area (Å²) in [5, 5.41) is 11.1. The summed E-state index contributed by atoms with van der Waals surface area (Å²) in [5.74, 6) is -1.44. The molecule has 0 bridgehead atoms. The van der Waals surface area contributed by atoms with Gasteiger partial charge in [0.2, 0.25) is 0 Å². The van der Waals surface area contributed by atoms with Gasteiger partial charge in [-0.05, 0) is 25.1 Å². The van der Waals surface area contributed by atoms with Gasteiger partial charge in [0, 0.05) is 25.3 Å². The number of carboxylic acids is 1. The van der Waals surface area contributed by atoms with Gasteiger partial charge in [-0.3, -0.25) is 9.59 Å². The highest BCUT2D eigenvalue weighted by molar-refractivity contribution is 5.97. The minimum atomic E-state index is -1.05. The van der Waals surface area contributed by atoms with Crippen LogP contribution in [0.5, 0.6) is 0 Å². The van der Waals surface area contributed by atoms with Crippen molar-refractivity contribution >= 4 is 17.6 Å². The summed E-state index contributed by atoms with van der Waals surface area (Å²) in [6.07, 6.45) is 0. The molecule has 0 radical (unpaired) electrons. The largest absolute Gasteiger partial charge is 0.480 e. The van der Waals surface area contributed by atoms with Crippen molar-refractivity contribution in [2.75, 3.05) is 19.0 Å². The summed E-state index contributed by atoms with van der Waals surface area (Å²) < 4.78 is 0. The van der Waals surface area contributed by atoms with Crippen LogP contribution < -0.4 is 10.2 Å². The first-order chi connectivity index (χ1) is 7.91. The number of hydrogen-bond acceptors (Lipinski definition) is 3. The second kappa shape index (κ2) is 5.34. The van der Waals surface area contributed by atoms with Crippen LogP contribution in [0.3, 0.4) is 0 Å². The van der Waals surface area contributed by atoms with Crippen LogP contribution in [0.25, 0.3) is 0 Å². The molecule has 92 valence electrons. The van der Waals surface area contributed by atoms with Gasteiger partial charge in [0.15, 0.2) is 0 Å². The summed E-state index contributed by atoms with van der Waals surface area (Å²) in [4.78, 5) is 24.2. The summed E-state index contributed by atoms with van der Waals surface area (Å²) in [7, 11) is 3.74. The van der Waals surface area contributed by atoms with Crippen LogP contribution in [0, 0.1) is 0 Å². The van der Waals surface area contributed by atoms with Crippen LogP contribution in [0.15, 0.2) is 24.3 Å². The van der Waals surface area contributed by atoms with E-state index in [0.29, 0.717) is 5.56 Å². The van der Waals surface area contributed by atoms with E-state index >= 15 is 0 Å². The second-order valence-electron chi connectivity index (χ2n) is 3.98. The minimum Gasteiger partial charge on any atom is -0.480 e. The van der Waals surface area contributed by atoms with Gasteiger partial charge in [-0.1, -0.05) is 6.07 Å². The molecule has 0 fully saturated rings. The smallest absolute Gasteiger partial charge is 0.325 e. The Labute approximate surface area is 100 Å². The Kier molecular flexibility index (Phi) is 4.09. The van der Waals surface area contributed by atoms with Gasteiger partial charge in [0.05, 0.1) is 0 Å². The molecule has 1 aromatic carbocycles. The number of carboxylic acid groups (broad SMARTS) is 1. The van der Waals surface area contributed by atoms with Crippen molar-refractivity contribution in [3.63, 3.8) is 0 Å². The highest BCUT2D eigenvalue weighted by atomic mass is 16.4. The van der Waals surface area contributed by atoms with E-state index in [0.717, 1.165) is 5.69 Å². The second-order valence-corrected chi connectivity index (χ2v) is 3.98. The van der Waals surface area contributed by atoms with Gasteiger partial charge in [-0.15, -0.1) is 0 Å². The molecule has 0 aliphatic heterocycles. The Hall–Kier alpha value is -2.04. The lowest BCUT2D eigenvalue weighted by molar-refractivity contribution is -0.138. The van der Waals surface area contributed by atoms with Crippen molar-refractivity contribution in [3.8, 4) is 0 Å². The molecule has 1 atom stereocenters. The van der Waals surface area contributed by atoms with Gasteiger partial charge in [-0.2, -0.15) is 0 Å². The molecule has 0 heterocycles. The Morgan fingerprint density at radius 2 is 2.00 bits per heavy atom. The Morgan fingerprint density at radius 3 is 2.53 bits per heavy atom. The van der Waals surface area contributed by atoms with Crippen LogP contribution in [0.1, 0.15) is 17.3 Å². The van der Waals surface area contributed by atoms with Crippen molar-refractivity contribution < 1.29 is 14.7 Å². The molecule has 1 aromatic rings. The number of nitrogens with one attached hydrogen (secondary N) is 1. The van der Waals surface area contributed by atoms with E-state index in [1.807, 2.05) is 25.1 Å². The molecule has 1 amide bonds. The number of carbonyl (C=O) groups is 2. The average molecular weight is 236 g/mol. The third-order valence-electron chi connectivity index (χ3n) is 2.34. The van der Waals surface area contributed by atoms with E-state index in [2.05, 4.69) is 5.32 Å². The van der Waals surface area contributed by atoms with Gasteiger partial charge in [0.25, 0.3) is 5.91 Å². The summed E-state index contributed by atoms with van der Waals surface area (Å²) >= 11 is 0. The molecular formula is C12H16N2O3. The fourth-order valence-electron chi connectivity index (χ4n) is 1.27. The van der Waals surface area contributed by atoms with Crippen molar-refractivity contribution in [1.82, 2.24) is 5.32 Å². The van der Waals surface area contributed by atoms with Crippen LogP contribution in [0.4, 0.5) is 5.69 Å². The molecule has 0 unspecified atom stereocenters. The third kappa shape index (κ3) is 3.48. The zero-order valence-corrected chi connectivity index (χ0v) is 10.1. The Morgan fingerprint density at radius 1 is 1.35 bits per heavy atom. The van der Waals surface area contributed by atoms with E-state index in [1.54, 1.807) is 18.2 Å². The van der Waals surface area contributed by atoms with E-state index in [4.69, 9.17) is 5.11 Å². The molecule has 5 nitrogen and oxygen atoms in total. The number of rotatable bonds is 4. The fraction of sp³-hybridized carbons (Fsp3) is 0.333. The molecule has 2 N–H and O–H groups in total. The number of carbonyl (C=O) groups excluding carboxylic acids is 1. The minimum absolute atomic E-state index is 0.386. The molecular weight excluding hydrogens is 220 g/mol. The normalized spacial score (nSPS) is 11.7. The van der Waals surface area contributed by atoms with Gasteiger partial charge in [0.1, 0.15) is 6.04 Å². The maximum atomic E-state index is 11.7. The first kappa shape index (κ1) is 13.0. The maximum Gasteiger partial charge on any atom is 0.325 e. The molecule has 5 heteroatoms. The highest BCUT2D eigenvalue weighted by Crippen LogP contribution is 2.13. The van der Waals surface area contributed by atoms with E-state index < -0.39 is 12.0 Å². The standard InChI is InChI=1S/C12H16N2O3/c1-8(12(16)17)13-11(15)9-5-4-6-10(7-9)14(2)3/h4-8H,1-3H3,(H,13,15)(H,16,17)/t8-/m0/s1. The van der Waals surface area contributed by atoms with Gasteiger partial charge < -0.3 is 15.3 Å². The summed E-state index contributed by atoms with van der Waals surface area (Å²) in [6, 6.07) is 6.10. The quantitative estimate of drug-likeness (QED) is 0.816. The summed E-state index contributed by atoms with van der Waals surface area (Å²) in [6.45, 7) is 1.43. The van der Waals surface area contributed by atoms with Crippen LogP contribution in [0.2, 0.25) is 0 Å². The molecule has 0 spiro atoms. The van der Waals surface area contributed by atoms with E-state index in [1.165, 1.54) is 6.92 Å². The summed E-state index contributed by atoms with van der Waals surface area (Å²) in [5.41, 5.74) is 1.34. The molecule has 0 aromatic heterocycles. The topological polar surface area (TPSA) is 69.6 Å². The predicted octanol–water partition coefficient (Wildman–Crippen LogP) is 0.956. The first-order valence-electron chi connectivity index (χ1n) is 5.23. The monoisotopic (exact) mass is 236 g/mol. The number of aliphatic carboxylic acids is 1. The van der Waals surface area contributed by atoms with Crippen molar-refractivity contribution in [2.24, 2.45) is 0 Å². The van der Waals surface area contributed by atoms with Crippen molar-refractivity contribution in [3.05, 3.63) is 29.8 Å². The number of hydrogen-bond donors (Lipinski definition) is 2. The fourth-order valence-corrected chi connectivity index (χ4v) is 1.27. The molecule has 0 saturated carbocycles. The lowest BCUT2D eigenvalue weighted by atomic mass is 10.1. The maximum absolute atomic E-state index is 11.7. The number of amides is 1. The number of anilines is 1. The van der Waals surface area contributed by atoms with Crippen molar-refractivity contribution in [2.45, 2.75) is 13.0 Å². The SMILES string of the molecule is C[C@H](NC(=O)c1cccc(N(C)C)c1)C(=O)O. The lowest BCUT2D eigenvalue weighted by Gasteiger charge is -2.14. The Balaban J connectivity index is 2.82. The Bertz CT molecular complexity index is 430. The number of benzene rings is 1. The zero-order valence-electron chi connectivity index (χ0n) is 10.1. The zero-order chi connectivity index (χ0) is 13.0. The highest BCUT2D eigenvalue weighted by Gasteiger charge is 2.15. The van der Waals surface area contributed by atoms with Crippen LogP contribution in [-0.4, -0.2) is 37.1 Å². The van der Waals surface area contributed by atoms with Crippen LogP contribution in [-0.2, 0) is 4.79 Å². The predicted molar refractivity (Wildman–Crippen MR) is 65.3 cm³/mol. The van der Waals surface area contributed by atoms with Crippen LogP contribution >= 0.6 is 0 Å². The van der Waals surface area contributed by atoms with Gasteiger partial charge in [-0.25, -0.2) is 0 Å². The van der Waals surface area contributed by atoms with Crippen molar-refractivity contribution in [1.29, 1.82) is 0 Å². The first-order valence-corrected chi connectivity index (χ1v) is 5.23. The molecule has 0 aliphatic carbocycles. The molecule has 17 heavy (non-hydrogen) atoms. The average Bonchev–Trinajstić information content (AvgIpc) is 2.28. The van der Waals surface area contributed by atoms with E-state index in [-0.39, 0.29) is 5.91 Å².